The lowest BCUT2D eigenvalue weighted by molar-refractivity contribution is 0.0284. The van der Waals surface area contributed by atoms with Gasteiger partial charge in [0, 0.05) is 25.7 Å². The summed E-state index contributed by atoms with van der Waals surface area (Å²) in [6, 6.07) is 0.659. The molecule has 0 spiro atoms. The third-order valence-corrected chi connectivity index (χ3v) is 2.62. The van der Waals surface area contributed by atoms with Crippen molar-refractivity contribution in [1.82, 2.24) is 4.90 Å². The lowest BCUT2D eigenvalue weighted by atomic mass is 10.2. The molecule has 0 aliphatic carbocycles. The lowest BCUT2D eigenvalue weighted by Crippen LogP contribution is -2.37. The highest BCUT2D eigenvalue weighted by Gasteiger charge is 2.38. The molecule has 2 rings (SSSR count). The first-order chi connectivity index (χ1) is 5.40. The van der Waals surface area contributed by atoms with E-state index in [1.807, 2.05) is 0 Å². The monoisotopic (exact) mass is 157 g/mol. The van der Waals surface area contributed by atoms with E-state index in [1.165, 1.54) is 6.42 Å². The highest BCUT2D eigenvalue weighted by molar-refractivity contribution is 4.91. The highest BCUT2D eigenvalue weighted by atomic mass is 16.5. The third-order valence-electron chi connectivity index (χ3n) is 2.62. The molecule has 2 heterocycles. The van der Waals surface area contributed by atoms with E-state index in [-0.39, 0.29) is 0 Å². The summed E-state index contributed by atoms with van der Waals surface area (Å²) in [4.78, 5) is 2.43. The summed E-state index contributed by atoms with van der Waals surface area (Å²) in [6.45, 7) is 3.36. The van der Waals surface area contributed by atoms with Crippen molar-refractivity contribution in [2.24, 2.45) is 0 Å². The molecule has 0 aromatic heterocycles. The van der Waals surface area contributed by atoms with Gasteiger partial charge in [0.05, 0.1) is 12.7 Å². The lowest BCUT2D eigenvalue weighted by Gasteiger charge is -2.25. The molecule has 3 heteroatoms. The molecule has 0 amide bonds. The number of aliphatic hydroxyl groups is 1. The first kappa shape index (κ1) is 7.53. The molecule has 2 fully saturated rings. The van der Waals surface area contributed by atoms with Crippen LogP contribution >= 0.6 is 0 Å². The van der Waals surface area contributed by atoms with Gasteiger partial charge in [-0.1, -0.05) is 0 Å². The maximum absolute atomic E-state index is 8.64. The number of fused-ring (bicyclic) bond motifs is 2. The second-order valence-electron chi connectivity index (χ2n) is 3.42. The van der Waals surface area contributed by atoms with Crippen LogP contribution in [0.2, 0.25) is 0 Å². The van der Waals surface area contributed by atoms with Gasteiger partial charge in [-0.05, 0) is 12.8 Å². The van der Waals surface area contributed by atoms with Crippen LogP contribution in [0.5, 0.6) is 0 Å². The van der Waals surface area contributed by atoms with E-state index in [0.717, 1.165) is 26.1 Å². The van der Waals surface area contributed by atoms with Crippen molar-refractivity contribution < 1.29 is 9.84 Å². The van der Waals surface area contributed by atoms with Gasteiger partial charge in [0.2, 0.25) is 0 Å². The topological polar surface area (TPSA) is 32.7 Å². The van der Waals surface area contributed by atoms with Crippen molar-refractivity contribution in [2.45, 2.75) is 25.0 Å². The second kappa shape index (κ2) is 3.09. The van der Waals surface area contributed by atoms with Crippen molar-refractivity contribution in [3.8, 4) is 0 Å². The van der Waals surface area contributed by atoms with Gasteiger partial charge in [-0.25, -0.2) is 0 Å². The fraction of sp³-hybridized carbons (Fsp3) is 1.00. The minimum Gasteiger partial charge on any atom is -0.396 e. The smallest absolute Gasteiger partial charge is 0.0718 e. The molecule has 2 bridgehead atoms. The molecular weight excluding hydrogens is 142 g/mol. The molecule has 2 aliphatic rings. The van der Waals surface area contributed by atoms with Crippen molar-refractivity contribution in [3.05, 3.63) is 0 Å². The van der Waals surface area contributed by atoms with E-state index in [9.17, 15) is 0 Å². The van der Waals surface area contributed by atoms with Crippen LogP contribution in [0.4, 0.5) is 0 Å². The van der Waals surface area contributed by atoms with Crippen LogP contribution in [0, 0.1) is 0 Å². The Labute approximate surface area is 66.9 Å². The van der Waals surface area contributed by atoms with Crippen LogP contribution in [-0.4, -0.2) is 48.5 Å². The molecule has 1 unspecified atom stereocenters. The molecule has 2 atom stereocenters. The van der Waals surface area contributed by atoms with Gasteiger partial charge in [-0.15, -0.1) is 0 Å². The van der Waals surface area contributed by atoms with E-state index in [2.05, 4.69) is 4.90 Å². The number of likely N-dealkylation sites (tertiary alicyclic amines) is 1. The molecule has 0 aromatic carbocycles. The molecule has 0 radical (unpaired) electrons. The maximum Gasteiger partial charge on any atom is 0.0718 e. The van der Waals surface area contributed by atoms with E-state index in [4.69, 9.17) is 9.84 Å². The van der Waals surface area contributed by atoms with E-state index < -0.39 is 0 Å². The molecule has 2 saturated heterocycles. The van der Waals surface area contributed by atoms with Crippen molar-refractivity contribution in [1.29, 1.82) is 0 Å². The van der Waals surface area contributed by atoms with Gasteiger partial charge in [-0.2, -0.15) is 0 Å². The Morgan fingerprint density at radius 1 is 1.55 bits per heavy atom. The fourth-order valence-electron chi connectivity index (χ4n) is 2.03. The first-order valence-electron chi connectivity index (χ1n) is 4.36. The minimum atomic E-state index is 0.314. The Bertz CT molecular complexity index is 140. The third kappa shape index (κ3) is 1.41. The first-order valence-corrected chi connectivity index (χ1v) is 4.36. The van der Waals surface area contributed by atoms with Gasteiger partial charge in [-0.3, -0.25) is 4.90 Å². The summed E-state index contributed by atoms with van der Waals surface area (Å²) in [5.41, 5.74) is 0. The number of aliphatic hydroxyl groups excluding tert-OH is 1. The van der Waals surface area contributed by atoms with E-state index in [0.29, 0.717) is 18.8 Å². The molecule has 0 saturated carbocycles. The van der Waals surface area contributed by atoms with Crippen LogP contribution in [0.25, 0.3) is 0 Å². The Morgan fingerprint density at radius 3 is 3.00 bits per heavy atom. The minimum absolute atomic E-state index is 0.314. The van der Waals surface area contributed by atoms with Crippen LogP contribution < -0.4 is 0 Å². The predicted octanol–water partition coefficient (Wildman–Crippen LogP) is -0.158. The van der Waals surface area contributed by atoms with E-state index >= 15 is 0 Å². The van der Waals surface area contributed by atoms with Crippen LogP contribution in [0.3, 0.4) is 0 Å². The zero-order valence-corrected chi connectivity index (χ0v) is 6.70. The fourth-order valence-corrected chi connectivity index (χ4v) is 2.03. The maximum atomic E-state index is 8.64. The molecule has 2 aliphatic heterocycles. The molecule has 11 heavy (non-hydrogen) atoms. The Morgan fingerprint density at radius 2 is 2.45 bits per heavy atom. The average Bonchev–Trinajstić information content (AvgIpc) is 2.60. The normalized spacial score (nSPS) is 36.8. The van der Waals surface area contributed by atoms with Gasteiger partial charge >= 0.3 is 0 Å². The number of hydrogen-bond acceptors (Lipinski definition) is 3. The highest BCUT2D eigenvalue weighted by Crippen LogP contribution is 2.27. The summed E-state index contributed by atoms with van der Waals surface area (Å²) in [7, 11) is 0. The number of rotatable bonds is 3. The summed E-state index contributed by atoms with van der Waals surface area (Å²) in [5.74, 6) is 0. The summed E-state index contributed by atoms with van der Waals surface area (Å²) < 4.78 is 5.46. The molecule has 1 N–H and O–H groups in total. The van der Waals surface area contributed by atoms with Gasteiger partial charge < -0.3 is 9.84 Å². The predicted molar refractivity (Wildman–Crippen MR) is 41.4 cm³/mol. The standard InChI is InChI=1S/C8H15NO2/c10-3-1-2-9-5-8-4-7(9)6-11-8/h7-8,10H,1-6H2/t7-,8?/m0/s1. The number of morpholine rings is 1. The van der Waals surface area contributed by atoms with Gasteiger partial charge in [0.1, 0.15) is 0 Å². The van der Waals surface area contributed by atoms with Gasteiger partial charge in [0.25, 0.3) is 0 Å². The summed E-state index contributed by atoms with van der Waals surface area (Å²) >= 11 is 0. The zero-order chi connectivity index (χ0) is 7.68. The largest absolute Gasteiger partial charge is 0.396 e. The number of hydrogen-bond donors (Lipinski definition) is 1. The molecular formula is C8H15NO2. The SMILES string of the molecule is OCCCN1CC2C[C@H]1CO2. The van der Waals surface area contributed by atoms with E-state index in [1.54, 1.807) is 0 Å². The summed E-state index contributed by atoms with van der Waals surface area (Å²) in [6.07, 6.45) is 2.62. The van der Waals surface area contributed by atoms with Crippen LogP contribution in [-0.2, 0) is 4.74 Å². The van der Waals surface area contributed by atoms with Gasteiger partial charge in [0.15, 0.2) is 0 Å². The summed E-state index contributed by atoms with van der Waals surface area (Å²) in [5, 5.41) is 8.64. The van der Waals surface area contributed by atoms with Crippen LogP contribution in [0.1, 0.15) is 12.8 Å². The number of ether oxygens (including phenoxy) is 1. The number of nitrogens with zero attached hydrogens (tertiary/aromatic N) is 1. The molecule has 64 valence electrons. The van der Waals surface area contributed by atoms with Crippen molar-refractivity contribution in [2.75, 3.05) is 26.3 Å². The Kier molecular flexibility index (Phi) is 2.11. The van der Waals surface area contributed by atoms with Crippen LogP contribution in [0.15, 0.2) is 0 Å². The van der Waals surface area contributed by atoms with Crippen molar-refractivity contribution in [3.63, 3.8) is 0 Å². The zero-order valence-electron chi connectivity index (χ0n) is 6.70. The average molecular weight is 157 g/mol. The second-order valence-corrected chi connectivity index (χ2v) is 3.42. The Hall–Kier alpha value is -0.120. The molecule has 3 nitrogen and oxygen atoms in total. The molecule has 0 aromatic rings. The van der Waals surface area contributed by atoms with Crippen molar-refractivity contribution >= 4 is 0 Å². The quantitative estimate of drug-likeness (QED) is 0.618. The Balaban J connectivity index is 1.78.